The van der Waals surface area contributed by atoms with E-state index in [0.717, 1.165) is 22.0 Å². The van der Waals surface area contributed by atoms with Crippen molar-refractivity contribution in [3.8, 4) is 22.5 Å². The number of hydrogen-bond acceptors (Lipinski definition) is 4. The van der Waals surface area contributed by atoms with Crippen LogP contribution in [-0.4, -0.2) is 49.6 Å². The number of carboxylic acid groups (broad SMARTS) is 1. The molecule has 1 aliphatic carbocycles. The molecule has 1 heterocycles. The Kier molecular flexibility index (Phi) is 6.60. The van der Waals surface area contributed by atoms with Gasteiger partial charge in [-0.3, -0.25) is 4.79 Å². The Bertz CT molecular complexity index is 1470. The molecule has 8 heteroatoms. The first-order valence-electron chi connectivity index (χ1n) is 10.6. The fourth-order valence-electron chi connectivity index (χ4n) is 4.05. The number of hydrogen-bond donors (Lipinski definition) is 2. The summed E-state index contributed by atoms with van der Waals surface area (Å²) in [6.07, 6.45) is 0. The van der Waals surface area contributed by atoms with Gasteiger partial charge in [0.05, 0.1) is 9.99 Å². The molecule has 7 nitrogen and oxygen atoms in total. The first kappa shape index (κ1) is 23.7. The van der Waals surface area contributed by atoms with E-state index >= 15 is 0 Å². The number of carboxylic acids is 1. The molecular formula is C26H25IN3O4+. The van der Waals surface area contributed by atoms with E-state index in [9.17, 15) is 14.7 Å². The van der Waals surface area contributed by atoms with E-state index < -0.39 is 5.97 Å². The lowest BCUT2D eigenvalue weighted by molar-refractivity contribution is -0.113. The van der Waals surface area contributed by atoms with Crippen molar-refractivity contribution in [3.05, 3.63) is 65.5 Å². The molecule has 2 aliphatic rings. The van der Waals surface area contributed by atoms with Gasteiger partial charge in [0, 0.05) is 48.4 Å². The minimum Gasteiger partial charge on any atom is -0.478 e. The van der Waals surface area contributed by atoms with Crippen molar-refractivity contribution >= 4 is 56.8 Å². The van der Waals surface area contributed by atoms with Crippen LogP contribution in [0.5, 0.6) is 0 Å². The van der Waals surface area contributed by atoms with Gasteiger partial charge in [0.1, 0.15) is 19.7 Å². The van der Waals surface area contributed by atoms with Crippen molar-refractivity contribution in [1.82, 2.24) is 4.58 Å². The van der Waals surface area contributed by atoms with Gasteiger partial charge in [-0.25, -0.2) is 9.37 Å². The number of alkyl halides is 1. The minimum atomic E-state index is -1.01. The highest BCUT2D eigenvalue weighted by atomic mass is 127. The Morgan fingerprint density at radius 2 is 1.79 bits per heavy atom. The second-order valence-corrected chi connectivity index (χ2v) is 9.08. The molecular weight excluding hydrogens is 545 g/mol. The molecule has 1 aliphatic heterocycles. The summed E-state index contributed by atoms with van der Waals surface area (Å²) in [6.45, 7) is 0. The number of rotatable bonds is 5. The van der Waals surface area contributed by atoms with Crippen LogP contribution >= 0.6 is 22.6 Å². The van der Waals surface area contributed by atoms with Gasteiger partial charge in [0.2, 0.25) is 11.3 Å². The molecule has 0 atom stereocenters. The van der Waals surface area contributed by atoms with Gasteiger partial charge in [-0.15, -0.1) is 0 Å². The number of nitrogens with one attached hydrogen (secondary N) is 1. The summed E-state index contributed by atoms with van der Waals surface area (Å²) < 4.78 is 8.64. The Morgan fingerprint density at radius 3 is 2.44 bits per heavy atom. The number of halogens is 1. The van der Waals surface area contributed by atoms with Crippen LogP contribution in [0.1, 0.15) is 10.4 Å². The Balaban J connectivity index is 2.22. The van der Waals surface area contributed by atoms with Gasteiger partial charge in [-0.1, -0.05) is 40.8 Å². The number of amides is 1. The average Bonchev–Trinajstić information content (AvgIpc) is 2.82. The summed E-state index contributed by atoms with van der Waals surface area (Å²) in [4.78, 5) is 26.5. The molecule has 2 aromatic carbocycles. The van der Waals surface area contributed by atoms with E-state index in [1.807, 2.05) is 96.7 Å². The normalized spacial score (nSPS) is 11.0. The largest absolute Gasteiger partial charge is 0.478 e. The van der Waals surface area contributed by atoms with Crippen LogP contribution in [0.25, 0.3) is 33.4 Å². The zero-order valence-corrected chi connectivity index (χ0v) is 21.5. The Hall–Kier alpha value is -3.40. The fraction of sp³-hybridized carbons (Fsp3) is 0.192. The molecule has 2 N–H and O–H groups in total. The van der Waals surface area contributed by atoms with E-state index in [2.05, 4.69) is 5.32 Å². The van der Waals surface area contributed by atoms with Gasteiger partial charge in [-0.05, 0) is 29.8 Å². The number of carbonyl (C=O) groups excluding carboxylic acids is 1. The highest BCUT2D eigenvalue weighted by molar-refractivity contribution is 14.1. The quantitative estimate of drug-likeness (QED) is 0.161. The van der Waals surface area contributed by atoms with E-state index in [4.69, 9.17) is 4.42 Å². The highest BCUT2D eigenvalue weighted by Crippen LogP contribution is 2.44. The summed E-state index contributed by atoms with van der Waals surface area (Å²) in [6, 6.07) is 16.6. The number of anilines is 2. The third-order valence-corrected chi connectivity index (χ3v) is 6.36. The molecule has 0 saturated carbocycles. The van der Waals surface area contributed by atoms with Crippen molar-refractivity contribution in [1.29, 1.82) is 0 Å². The molecule has 0 unspecified atom stereocenters. The van der Waals surface area contributed by atoms with Crippen LogP contribution in [0, 0.1) is 0 Å². The van der Waals surface area contributed by atoms with Crippen molar-refractivity contribution < 1.29 is 19.1 Å². The third kappa shape index (κ3) is 4.25. The monoisotopic (exact) mass is 570 g/mol. The topological polar surface area (TPSA) is 85.8 Å². The molecule has 0 fully saturated rings. The average molecular weight is 570 g/mol. The first-order chi connectivity index (χ1) is 16.2. The molecule has 174 valence electrons. The van der Waals surface area contributed by atoms with Gasteiger partial charge >= 0.3 is 5.97 Å². The molecule has 4 rings (SSSR count). The lowest BCUT2D eigenvalue weighted by atomic mass is 9.90. The third-order valence-electron chi connectivity index (χ3n) is 5.66. The zero-order valence-electron chi connectivity index (χ0n) is 19.3. The van der Waals surface area contributed by atoms with Crippen LogP contribution in [0.4, 0.5) is 11.4 Å². The van der Waals surface area contributed by atoms with Crippen molar-refractivity contribution in [3.63, 3.8) is 0 Å². The SMILES string of the molecule is CN(C)c1ccc2c(-c3ccccc3C(=O)O)c3ccc(=[N+](C)C)c(NC(=O)CI)c-3oc2c1. The summed E-state index contributed by atoms with van der Waals surface area (Å²) in [5.74, 6) is -0.671. The van der Waals surface area contributed by atoms with Crippen LogP contribution < -0.4 is 20.1 Å². The molecule has 1 amide bonds. The maximum absolute atomic E-state index is 12.4. The van der Waals surface area contributed by atoms with E-state index in [-0.39, 0.29) is 15.9 Å². The van der Waals surface area contributed by atoms with Gasteiger partial charge in [0.15, 0.2) is 11.4 Å². The van der Waals surface area contributed by atoms with Crippen LogP contribution in [0.2, 0.25) is 0 Å². The number of carbonyl (C=O) groups is 2. The minimum absolute atomic E-state index is 0.152. The molecule has 0 aromatic heterocycles. The van der Waals surface area contributed by atoms with Gasteiger partial charge in [0.25, 0.3) is 0 Å². The summed E-state index contributed by atoms with van der Waals surface area (Å²) in [7, 11) is 7.68. The van der Waals surface area contributed by atoms with Crippen LogP contribution in [0.15, 0.2) is 59.0 Å². The van der Waals surface area contributed by atoms with E-state index in [1.54, 1.807) is 18.2 Å². The predicted molar refractivity (Wildman–Crippen MR) is 144 cm³/mol. The van der Waals surface area contributed by atoms with E-state index in [1.165, 1.54) is 0 Å². The zero-order chi connectivity index (χ0) is 24.6. The fourth-order valence-corrected chi connectivity index (χ4v) is 4.25. The number of benzene rings is 3. The Labute approximate surface area is 210 Å². The maximum atomic E-state index is 12.4. The summed E-state index contributed by atoms with van der Waals surface area (Å²) in [5, 5.41) is 14.5. The summed E-state index contributed by atoms with van der Waals surface area (Å²) in [5.41, 5.74) is 4.33. The lowest BCUT2D eigenvalue weighted by Crippen LogP contribution is -2.28. The smallest absolute Gasteiger partial charge is 0.336 e. The molecule has 0 bridgehead atoms. The van der Waals surface area contributed by atoms with Crippen molar-refractivity contribution in [2.45, 2.75) is 0 Å². The predicted octanol–water partition coefficient (Wildman–Crippen LogP) is 4.37. The highest BCUT2D eigenvalue weighted by Gasteiger charge is 2.26. The molecule has 0 saturated heterocycles. The second-order valence-electron chi connectivity index (χ2n) is 8.32. The standard InChI is InChI=1S/C26H24IN3O4/c1-29(2)15-9-10-18-21(13-15)34-25-19(23(18)16-7-5-6-8-17(16)26(32)33)11-12-20(30(3)4)24(25)28-22(31)14-27/h5-13H,14H2,1-4H3,(H-,28,31,32,33)/p+1. The van der Waals surface area contributed by atoms with Crippen molar-refractivity contribution in [2.24, 2.45) is 0 Å². The van der Waals surface area contributed by atoms with E-state index in [0.29, 0.717) is 28.2 Å². The second kappa shape index (κ2) is 9.46. The maximum Gasteiger partial charge on any atom is 0.336 e. The van der Waals surface area contributed by atoms with Crippen LogP contribution in [-0.2, 0) is 4.79 Å². The van der Waals surface area contributed by atoms with Gasteiger partial charge in [-0.2, -0.15) is 0 Å². The number of aromatic carboxylic acids is 1. The summed E-state index contributed by atoms with van der Waals surface area (Å²) >= 11 is 2.02. The van der Waals surface area contributed by atoms with Crippen molar-refractivity contribution in [2.75, 3.05) is 42.8 Å². The molecule has 34 heavy (non-hydrogen) atoms. The number of fused-ring (bicyclic) bond motifs is 2. The molecule has 0 spiro atoms. The molecule has 2 aromatic rings. The lowest BCUT2D eigenvalue weighted by Gasteiger charge is -2.20. The Morgan fingerprint density at radius 1 is 1.06 bits per heavy atom. The molecule has 0 radical (unpaired) electrons. The number of nitrogens with zero attached hydrogens (tertiary/aromatic N) is 2. The first-order valence-corrected chi connectivity index (χ1v) is 12.1. The van der Waals surface area contributed by atoms with Gasteiger partial charge < -0.3 is 19.7 Å². The van der Waals surface area contributed by atoms with Crippen LogP contribution in [0.3, 0.4) is 0 Å².